The van der Waals surface area contributed by atoms with Gasteiger partial charge in [0.1, 0.15) is 11.8 Å². The van der Waals surface area contributed by atoms with Crippen LogP contribution < -0.4 is 11.3 Å². The standard InChI is InChI=1S/C20H11ClN6O/c21-14-4-3-10(13-8-25-27-19(13)14)15-12-6-9(7-22)17-11(2-1-5-24-17)18(12)26-20(28)16(15)23/h1-6,8H,23H2,(H,25,27)(H,26,28). The first kappa shape index (κ1) is 16.3. The number of H-pyrrole nitrogens is 2. The van der Waals surface area contributed by atoms with Gasteiger partial charge in [0.05, 0.1) is 33.3 Å². The van der Waals surface area contributed by atoms with Gasteiger partial charge in [-0.25, -0.2) is 0 Å². The largest absolute Gasteiger partial charge is 0.394 e. The SMILES string of the molecule is N#Cc1cc2c(-c3ccc(Cl)c4[nH]ncc34)c(N)c(=O)[nH]c2c2cccnc12. The van der Waals surface area contributed by atoms with E-state index in [4.69, 9.17) is 17.3 Å². The van der Waals surface area contributed by atoms with Crippen LogP contribution in [-0.2, 0) is 0 Å². The van der Waals surface area contributed by atoms with Crippen LogP contribution in [0.5, 0.6) is 0 Å². The van der Waals surface area contributed by atoms with E-state index in [-0.39, 0.29) is 5.69 Å². The van der Waals surface area contributed by atoms with Crippen molar-refractivity contribution in [1.82, 2.24) is 20.2 Å². The molecule has 0 saturated heterocycles. The van der Waals surface area contributed by atoms with Crippen molar-refractivity contribution in [2.45, 2.75) is 0 Å². The number of nitrogens with one attached hydrogen (secondary N) is 2. The van der Waals surface area contributed by atoms with Crippen molar-refractivity contribution < 1.29 is 0 Å². The van der Waals surface area contributed by atoms with Gasteiger partial charge in [0.25, 0.3) is 5.56 Å². The van der Waals surface area contributed by atoms with Gasteiger partial charge in [0, 0.05) is 27.9 Å². The lowest BCUT2D eigenvalue weighted by molar-refractivity contribution is 1.12. The molecular weight excluding hydrogens is 376 g/mol. The molecule has 0 spiro atoms. The van der Waals surface area contributed by atoms with Gasteiger partial charge in [-0.15, -0.1) is 0 Å². The van der Waals surface area contributed by atoms with Gasteiger partial charge in [-0.3, -0.25) is 14.9 Å². The van der Waals surface area contributed by atoms with Gasteiger partial charge in [-0.05, 0) is 29.8 Å². The summed E-state index contributed by atoms with van der Waals surface area (Å²) in [6.07, 6.45) is 3.25. The molecule has 3 heterocycles. The number of nitrogen functional groups attached to an aromatic ring is 1. The highest BCUT2D eigenvalue weighted by Crippen LogP contribution is 2.39. The third-order valence-corrected chi connectivity index (χ3v) is 5.18. The molecule has 28 heavy (non-hydrogen) atoms. The molecule has 5 aromatic rings. The molecule has 0 radical (unpaired) electrons. The maximum atomic E-state index is 12.7. The molecule has 0 fully saturated rings. The van der Waals surface area contributed by atoms with E-state index in [0.29, 0.717) is 49.0 Å². The minimum atomic E-state index is -0.413. The summed E-state index contributed by atoms with van der Waals surface area (Å²) in [5.74, 6) is 0. The Kier molecular flexibility index (Phi) is 3.38. The van der Waals surface area contributed by atoms with Gasteiger partial charge in [0.2, 0.25) is 0 Å². The van der Waals surface area contributed by atoms with Crippen LogP contribution in [0.3, 0.4) is 0 Å². The Labute approximate surface area is 162 Å². The van der Waals surface area contributed by atoms with Crippen LogP contribution in [0.25, 0.3) is 43.8 Å². The zero-order valence-electron chi connectivity index (χ0n) is 14.2. The fraction of sp³-hybridized carbons (Fsp3) is 0. The molecule has 2 aromatic carbocycles. The molecule has 0 aliphatic rings. The van der Waals surface area contributed by atoms with E-state index in [9.17, 15) is 10.1 Å². The molecular formula is C20H11ClN6O. The normalized spacial score (nSPS) is 11.3. The Morgan fingerprint density at radius 3 is 2.82 bits per heavy atom. The predicted molar refractivity (Wildman–Crippen MR) is 109 cm³/mol. The number of fused-ring (bicyclic) bond motifs is 4. The molecule has 4 N–H and O–H groups in total. The number of pyridine rings is 2. The number of hydrogen-bond donors (Lipinski definition) is 3. The molecule has 0 bridgehead atoms. The van der Waals surface area contributed by atoms with Crippen LogP contribution in [0.4, 0.5) is 5.69 Å². The van der Waals surface area contributed by atoms with Gasteiger partial charge >= 0.3 is 0 Å². The van der Waals surface area contributed by atoms with Gasteiger partial charge in [-0.2, -0.15) is 10.4 Å². The van der Waals surface area contributed by atoms with Crippen molar-refractivity contribution in [3.8, 4) is 17.2 Å². The second-order valence-corrected chi connectivity index (χ2v) is 6.76. The van der Waals surface area contributed by atoms with Crippen LogP contribution in [0.2, 0.25) is 5.02 Å². The number of rotatable bonds is 1. The van der Waals surface area contributed by atoms with E-state index in [1.54, 1.807) is 36.7 Å². The maximum absolute atomic E-state index is 12.7. The topological polar surface area (TPSA) is 124 Å². The summed E-state index contributed by atoms with van der Waals surface area (Å²) in [7, 11) is 0. The van der Waals surface area contributed by atoms with Gasteiger partial charge in [-0.1, -0.05) is 17.7 Å². The van der Waals surface area contributed by atoms with Gasteiger partial charge in [0.15, 0.2) is 0 Å². The number of benzene rings is 2. The number of nitrogens with zero attached hydrogens (tertiary/aromatic N) is 3. The fourth-order valence-corrected chi connectivity index (χ4v) is 3.83. The lowest BCUT2D eigenvalue weighted by Gasteiger charge is -2.13. The molecule has 3 aromatic heterocycles. The minimum Gasteiger partial charge on any atom is -0.394 e. The van der Waals surface area contributed by atoms with Crippen molar-refractivity contribution in [2.75, 3.05) is 5.73 Å². The second kappa shape index (κ2) is 5.81. The Morgan fingerprint density at radius 1 is 1.14 bits per heavy atom. The molecule has 0 aliphatic carbocycles. The van der Waals surface area contributed by atoms with E-state index in [1.807, 2.05) is 6.07 Å². The van der Waals surface area contributed by atoms with Crippen LogP contribution in [0, 0.1) is 11.3 Å². The molecule has 0 atom stereocenters. The van der Waals surface area contributed by atoms with Crippen LogP contribution in [-0.4, -0.2) is 20.2 Å². The zero-order valence-corrected chi connectivity index (χ0v) is 15.0. The summed E-state index contributed by atoms with van der Waals surface area (Å²) in [5, 5.41) is 19.1. The smallest absolute Gasteiger partial charge is 0.272 e. The molecule has 0 saturated carbocycles. The first-order chi connectivity index (χ1) is 13.6. The molecule has 0 amide bonds. The number of aromatic amines is 2. The third-order valence-electron chi connectivity index (χ3n) is 4.87. The third kappa shape index (κ3) is 2.12. The molecule has 0 unspecified atom stereocenters. The first-order valence-corrected chi connectivity index (χ1v) is 8.73. The minimum absolute atomic E-state index is 0.0597. The lowest BCUT2D eigenvalue weighted by Crippen LogP contribution is -2.14. The van der Waals surface area contributed by atoms with E-state index in [0.717, 1.165) is 5.39 Å². The van der Waals surface area contributed by atoms with Crippen LogP contribution in [0.15, 0.2) is 47.5 Å². The maximum Gasteiger partial charge on any atom is 0.272 e. The highest BCUT2D eigenvalue weighted by atomic mass is 35.5. The summed E-state index contributed by atoms with van der Waals surface area (Å²) in [6.45, 7) is 0. The van der Waals surface area contributed by atoms with E-state index in [2.05, 4.69) is 26.2 Å². The zero-order chi connectivity index (χ0) is 19.4. The van der Waals surface area contributed by atoms with Gasteiger partial charge < -0.3 is 10.7 Å². The number of nitrogens with two attached hydrogens (primary N) is 1. The number of halogens is 1. The van der Waals surface area contributed by atoms with Crippen molar-refractivity contribution in [1.29, 1.82) is 5.26 Å². The summed E-state index contributed by atoms with van der Waals surface area (Å²) in [5.41, 5.74) is 9.23. The summed E-state index contributed by atoms with van der Waals surface area (Å²) >= 11 is 6.25. The fourth-order valence-electron chi connectivity index (χ4n) is 3.62. The molecule has 8 heteroatoms. The Bertz CT molecular complexity index is 1530. The van der Waals surface area contributed by atoms with Crippen LogP contribution >= 0.6 is 11.6 Å². The number of aromatic nitrogens is 4. The molecule has 5 rings (SSSR count). The predicted octanol–water partition coefficient (Wildman–Crippen LogP) is 3.73. The second-order valence-electron chi connectivity index (χ2n) is 6.35. The Balaban J connectivity index is 2.05. The average Bonchev–Trinajstić information content (AvgIpc) is 3.21. The summed E-state index contributed by atoms with van der Waals surface area (Å²) in [6, 6.07) is 11.0. The van der Waals surface area contributed by atoms with Crippen molar-refractivity contribution in [2.24, 2.45) is 0 Å². The first-order valence-electron chi connectivity index (χ1n) is 8.35. The highest BCUT2D eigenvalue weighted by Gasteiger charge is 2.19. The molecule has 7 nitrogen and oxygen atoms in total. The highest BCUT2D eigenvalue weighted by molar-refractivity contribution is 6.35. The lowest BCUT2D eigenvalue weighted by atomic mass is 9.94. The number of nitriles is 1. The van der Waals surface area contributed by atoms with E-state index >= 15 is 0 Å². The van der Waals surface area contributed by atoms with Crippen molar-refractivity contribution >= 4 is 50.0 Å². The van der Waals surface area contributed by atoms with E-state index in [1.165, 1.54) is 0 Å². The summed E-state index contributed by atoms with van der Waals surface area (Å²) in [4.78, 5) is 19.8. The van der Waals surface area contributed by atoms with Crippen molar-refractivity contribution in [3.63, 3.8) is 0 Å². The van der Waals surface area contributed by atoms with Crippen LogP contribution in [0.1, 0.15) is 5.56 Å². The Morgan fingerprint density at radius 2 is 2.00 bits per heavy atom. The number of anilines is 1. The quantitative estimate of drug-likeness (QED) is 0.378. The number of hydrogen-bond acceptors (Lipinski definition) is 5. The Hall–Kier alpha value is -3.89. The summed E-state index contributed by atoms with van der Waals surface area (Å²) < 4.78 is 0. The molecule has 0 aliphatic heterocycles. The van der Waals surface area contributed by atoms with E-state index < -0.39 is 5.56 Å². The van der Waals surface area contributed by atoms with Crippen molar-refractivity contribution in [3.05, 3.63) is 63.7 Å². The monoisotopic (exact) mass is 386 g/mol. The molecule has 134 valence electrons. The average molecular weight is 387 g/mol.